The molecule has 0 aromatic rings. The molecule has 3 atom stereocenters. The number of rotatable bonds is 10. The Morgan fingerprint density at radius 3 is 2.32 bits per heavy atom. The molecule has 0 aromatic heterocycles. The summed E-state index contributed by atoms with van der Waals surface area (Å²) >= 11 is 0. The summed E-state index contributed by atoms with van der Waals surface area (Å²) in [6.45, 7) is 2.26. The molecule has 0 unspecified atom stereocenters. The lowest BCUT2D eigenvalue weighted by atomic mass is 9.91. The second-order valence-electron chi connectivity index (χ2n) is 8.99. The minimum Gasteiger partial charge on any atom is -0.393 e. The van der Waals surface area contributed by atoms with Crippen LogP contribution in [0.15, 0.2) is 24.3 Å². The van der Waals surface area contributed by atoms with Crippen LogP contribution in [0, 0.1) is 0 Å². The highest BCUT2D eigenvalue weighted by molar-refractivity contribution is 6.00. The highest BCUT2D eigenvalue weighted by atomic mass is 16.7. The van der Waals surface area contributed by atoms with Crippen molar-refractivity contribution < 1.29 is 19.4 Å². The Labute approximate surface area is 170 Å². The van der Waals surface area contributed by atoms with E-state index in [1.54, 1.807) is 12.2 Å². The van der Waals surface area contributed by atoms with E-state index in [1.807, 2.05) is 12.2 Å². The molecular formula is C24H38O4. The molecule has 0 radical (unpaired) electrons. The molecular weight excluding hydrogens is 352 g/mol. The summed E-state index contributed by atoms with van der Waals surface area (Å²) in [5.74, 6) is -0.695. The van der Waals surface area contributed by atoms with Crippen LogP contribution in [0.2, 0.25) is 0 Å². The van der Waals surface area contributed by atoms with Gasteiger partial charge in [0.25, 0.3) is 0 Å². The van der Waals surface area contributed by atoms with Crippen LogP contribution in [0.5, 0.6) is 0 Å². The zero-order chi connectivity index (χ0) is 19.9. The molecule has 2 saturated heterocycles. The molecule has 2 heterocycles. The van der Waals surface area contributed by atoms with E-state index in [-0.39, 0.29) is 18.0 Å². The van der Waals surface area contributed by atoms with E-state index in [1.165, 1.54) is 51.4 Å². The van der Waals surface area contributed by atoms with Gasteiger partial charge in [-0.2, -0.15) is 0 Å². The summed E-state index contributed by atoms with van der Waals surface area (Å²) in [7, 11) is 0. The van der Waals surface area contributed by atoms with E-state index in [0.717, 1.165) is 25.7 Å². The Morgan fingerprint density at radius 1 is 1.00 bits per heavy atom. The van der Waals surface area contributed by atoms with Gasteiger partial charge in [0.1, 0.15) is 5.60 Å². The maximum absolute atomic E-state index is 11.4. The molecule has 1 N–H and O–H groups in total. The lowest BCUT2D eigenvalue weighted by molar-refractivity contribution is -0.292. The monoisotopic (exact) mass is 390 g/mol. The number of aliphatic hydroxyl groups excluding tert-OH is 1. The van der Waals surface area contributed by atoms with E-state index >= 15 is 0 Å². The number of ketones is 1. The number of hydrogen-bond acceptors (Lipinski definition) is 4. The molecule has 2 aliphatic heterocycles. The van der Waals surface area contributed by atoms with Crippen molar-refractivity contribution in [1.82, 2.24) is 0 Å². The number of aliphatic hydroxyl groups is 1. The van der Waals surface area contributed by atoms with Gasteiger partial charge in [-0.25, -0.2) is 0 Å². The second kappa shape index (κ2) is 10.2. The van der Waals surface area contributed by atoms with Gasteiger partial charge in [-0.3, -0.25) is 4.79 Å². The van der Waals surface area contributed by atoms with E-state index < -0.39 is 11.4 Å². The smallest absolute Gasteiger partial charge is 0.178 e. The van der Waals surface area contributed by atoms with Crippen molar-refractivity contribution in [1.29, 1.82) is 0 Å². The van der Waals surface area contributed by atoms with Crippen LogP contribution >= 0.6 is 0 Å². The summed E-state index contributed by atoms with van der Waals surface area (Å²) < 4.78 is 12.7. The van der Waals surface area contributed by atoms with Gasteiger partial charge >= 0.3 is 0 Å². The molecule has 2 spiro atoms. The van der Waals surface area contributed by atoms with Crippen molar-refractivity contribution >= 4 is 5.78 Å². The lowest BCUT2D eigenvalue weighted by Crippen LogP contribution is -2.47. The fraction of sp³-hybridized carbons (Fsp3) is 0.792. The van der Waals surface area contributed by atoms with Gasteiger partial charge in [0.05, 0.1) is 12.2 Å². The SMILES string of the molecule is CCCCCCCCCCC[C@@H]1C[C@@H](O)C[C@]2(CCC3(C=CC(=O)C=C3)O2)O1. The van der Waals surface area contributed by atoms with Crippen molar-refractivity contribution in [2.45, 2.75) is 120 Å². The van der Waals surface area contributed by atoms with Crippen LogP contribution in [-0.2, 0) is 14.3 Å². The van der Waals surface area contributed by atoms with Gasteiger partial charge in [0.2, 0.25) is 0 Å². The number of hydrogen-bond donors (Lipinski definition) is 1. The van der Waals surface area contributed by atoms with Gasteiger partial charge in [-0.1, -0.05) is 64.7 Å². The zero-order valence-electron chi connectivity index (χ0n) is 17.5. The quantitative estimate of drug-likeness (QED) is 0.508. The van der Waals surface area contributed by atoms with Gasteiger partial charge < -0.3 is 14.6 Å². The van der Waals surface area contributed by atoms with Crippen LogP contribution in [0.25, 0.3) is 0 Å². The summed E-state index contributed by atoms with van der Waals surface area (Å²) in [4.78, 5) is 11.4. The Morgan fingerprint density at radius 2 is 1.64 bits per heavy atom. The number of unbranched alkanes of at least 4 members (excludes halogenated alkanes) is 8. The fourth-order valence-electron chi connectivity index (χ4n) is 4.86. The highest BCUT2D eigenvalue weighted by Crippen LogP contribution is 2.47. The molecule has 1 aliphatic carbocycles. The molecule has 28 heavy (non-hydrogen) atoms. The van der Waals surface area contributed by atoms with Crippen molar-refractivity contribution in [3.05, 3.63) is 24.3 Å². The predicted molar refractivity (Wildman–Crippen MR) is 111 cm³/mol. The molecule has 158 valence electrons. The van der Waals surface area contributed by atoms with Gasteiger partial charge in [-0.05, 0) is 43.6 Å². The highest BCUT2D eigenvalue weighted by Gasteiger charge is 2.52. The number of allylic oxidation sites excluding steroid dienone is 2. The summed E-state index contributed by atoms with van der Waals surface area (Å²) in [5, 5.41) is 10.4. The largest absolute Gasteiger partial charge is 0.393 e. The van der Waals surface area contributed by atoms with Crippen molar-refractivity contribution in [3.63, 3.8) is 0 Å². The summed E-state index contributed by atoms with van der Waals surface area (Å²) in [5.41, 5.74) is -0.534. The van der Waals surface area contributed by atoms with Crippen LogP contribution in [-0.4, -0.2) is 34.5 Å². The standard InChI is InChI=1S/C24H38O4/c1-2-3-4-5-6-7-8-9-10-11-22-18-21(26)19-24(27-22)17-16-23(28-24)14-12-20(25)13-15-23/h12-15,21-22,26H,2-11,16-19H2,1H3/t21-,22-,24-/m1/s1. The van der Waals surface area contributed by atoms with Gasteiger partial charge in [0.15, 0.2) is 11.6 Å². The van der Waals surface area contributed by atoms with Gasteiger partial charge in [-0.15, -0.1) is 0 Å². The fourth-order valence-corrected chi connectivity index (χ4v) is 4.86. The van der Waals surface area contributed by atoms with Crippen LogP contribution in [0.4, 0.5) is 0 Å². The molecule has 0 amide bonds. The first kappa shape index (κ1) is 21.7. The molecule has 2 fully saturated rings. The van der Waals surface area contributed by atoms with Crippen LogP contribution in [0.3, 0.4) is 0 Å². The minimum absolute atomic E-state index is 0.00279. The number of carbonyl (C=O) groups excluding carboxylic acids is 1. The maximum atomic E-state index is 11.4. The van der Waals surface area contributed by atoms with E-state index in [0.29, 0.717) is 12.8 Å². The van der Waals surface area contributed by atoms with E-state index in [9.17, 15) is 9.90 Å². The first-order valence-electron chi connectivity index (χ1n) is 11.5. The normalized spacial score (nSPS) is 31.3. The predicted octanol–water partition coefficient (Wildman–Crippen LogP) is 5.39. The Hall–Kier alpha value is -0.970. The van der Waals surface area contributed by atoms with E-state index in [4.69, 9.17) is 9.47 Å². The zero-order valence-corrected chi connectivity index (χ0v) is 17.5. The van der Waals surface area contributed by atoms with Crippen molar-refractivity contribution in [2.75, 3.05) is 0 Å². The van der Waals surface area contributed by atoms with Crippen molar-refractivity contribution in [2.24, 2.45) is 0 Å². The first-order valence-corrected chi connectivity index (χ1v) is 11.5. The molecule has 0 aromatic carbocycles. The molecule has 0 saturated carbocycles. The maximum Gasteiger partial charge on any atom is 0.178 e. The molecule has 4 nitrogen and oxygen atoms in total. The molecule has 0 bridgehead atoms. The van der Waals surface area contributed by atoms with Gasteiger partial charge in [0, 0.05) is 12.8 Å². The third kappa shape index (κ3) is 6.01. The number of ether oxygens (including phenoxy) is 2. The summed E-state index contributed by atoms with van der Waals surface area (Å²) in [6, 6.07) is 0. The Bertz CT molecular complexity index is 551. The second-order valence-corrected chi connectivity index (χ2v) is 8.99. The minimum atomic E-state index is -0.698. The van der Waals surface area contributed by atoms with Crippen LogP contribution in [0.1, 0.15) is 96.8 Å². The average molecular weight is 391 g/mol. The van der Waals surface area contributed by atoms with Crippen LogP contribution < -0.4 is 0 Å². The topological polar surface area (TPSA) is 55.8 Å². The Kier molecular flexibility index (Phi) is 7.90. The lowest BCUT2D eigenvalue weighted by Gasteiger charge is -2.42. The van der Waals surface area contributed by atoms with Crippen molar-refractivity contribution in [3.8, 4) is 0 Å². The average Bonchev–Trinajstić information content (AvgIpc) is 3.00. The Balaban J connectivity index is 1.39. The third-order valence-corrected chi connectivity index (χ3v) is 6.42. The molecule has 3 rings (SSSR count). The first-order chi connectivity index (χ1) is 13.5. The molecule has 4 heteroatoms. The van der Waals surface area contributed by atoms with E-state index in [2.05, 4.69) is 6.92 Å². The third-order valence-electron chi connectivity index (χ3n) is 6.42. The number of carbonyl (C=O) groups is 1. The summed E-state index contributed by atoms with van der Waals surface area (Å²) in [6.07, 6.45) is 22.2. The molecule has 3 aliphatic rings.